The molecule has 0 radical (unpaired) electrons. The van der Waals surface area contributed by atoms with Crippen molar-refractivity contribution in [3.05, 3.63) is 23.5 Å². The number of hydrogen-bond acceptors (Lipinski definition) is 3. The molecule has 0 fully saturated rings. The highest BCUT2D eigenvalue weighted by Gasteiger charge is 2.29. The number of rotatable bonds is 2. The van der Waals surface area contributed by atoms with Crippen molar-refractivity contribution in [2.45, 2.75) is 25.2 Å². The Morgan fingerprint density at radius 3 is 2.81 bits per heavy atom. The molecule has 5 nitrogen and oxygen atoms in total. The number of carbonyl (C=O) groups is 1. The van der Waals surface area contributed by atoms with Crippen molar-refractivity contribution in [2.75, 3.05) is 6.26 Å². The summed E-state index contributed by atoms with van der Waals surface area (Å²) in [6.45, 7) is 0. The molecule has 1 aromatic rings. The van der Waals surface area contributed by atoms with Crippen LogP contribution in [0.4, 0.5) is 0 Å². The molecule has 0 saturated carbocycles. The van der Waals surface area contributed by atoms with Crippen molar-refractivity contribution in [3.63, 3.8) is 0 Å². The smallest absolute Gasteiger partial charge is 0.311 e. The monoisotopic (exact) mass is 243 g/mol. The molecule has 1 aliphatic rings. The number of fused-ring (bicyclic) bond motifs is 1. The van der Waals surface area contributed by atoms with Crippen LogP contribution in [0.3, 0.4) is 0 Å². The first-order valence-electron chi connectivity index (χ1n) is 5.04. The van der Waals surface area contributed by atoms with E-state index in [1.807, 2.05) is 0 Å². The van der Waals surface area contributed by atoms with E-state index in [4.69, 9.17) is 5.11 Å². The van der Waals surface area contributed by atoms with Gasteiger partial charge in [0.1, 0.15) is 0 Å². The Labute approximate surface area is 93.8 Å². The molecular formula is C10H13NO4S. The second kappa shape index (κ2) is 3.62. The molecule has 1 atom stereocenters. The van der Waals surface area contributed by atoms with E-state index in [1.165, 1.54) is 10.2 Å². The van der Waals surface area contributed by atoms with Crippen LogP contribution in [0.25, 0.3) is 0 Å². The maximum Gasteiger partial charge on any atom is 0.311 e. The van der Waals surface area contributed by atoms with Crippen LogP contribution in [0.1, 0.15) is 30.0 Å². The Morgan fingerprint density at radius 1 is 1.56 bits per heavy atom. The summed E-state index contributed by atoms with van der Waals surface area (Å²) in [5.74, 6) is -1.45. The van der Waals surface area contributed by atoms with Crippen LogP contribution in [-0.4, -0.2) is 29.7 Å². The Balaban J connectivity index is 2.55. The topological polar surface area (TPSA) is 76.4 Å². The molecule has 0 saturated heterocycles. The van der Waals surface area contributed by atoms with Crippen LogP contribution in [-0.2, 0) is 21.2 Å². The van der Waals surface area contributed by atoms with Gasteiger partial charge in [-0.25, -0.2) is 12.4 Å². The quantitative estimate of drug-likeness (QED) is 0.833. The zero-order valence-electron chi connectivity index (χ0n) is 8.88. The third-order valence-corrected chi connectivity index (χ3v) is 3.98. The number of hydrogen-bond donors (Lipinski definition) is 1. The van der Waals surface area contributed by atoms with Crippen molar-refractivity contribution in [1.29, 1.82) is 0 Å². The lowest BCUT2D eigenvalue weighted by Crippen LogP contribution is -2.20. The average molecular weight is 243 g/mol. The molecule has 0 bridgehead atoms. The molecule has 0 amide bonds. The molecule has 0 spiro atoms. The molecular weight excluding hydrogens is 230 g/mol. The first-order valence-corrected chi connectivity index (χ1v) is 6.89. The highest BCUT2D eigenvalue weighted by Crippen LogP contribution is 2.33. The maximum absolute atomic E-state index is 11.5. The van der Waals surface area contributed by atoms with Crippen molar-refractivity contribution < 1.29 is 18.3 Å². The van der Waals surface area contributed by atoms with Gasteiger partial charge in [-0.3, -0.25) is 4.79 Å². The first-order chi connectivity index (χ1) is 7.41. The van der Waals surface area contributed by atoms with Gasteiger partial charge in [-0.15, -0.1) is 0 Å². The largest absolute Gasteiger partial charge is 0.481 e. The highest BCUT2D eigenvalue weighted by atomic mass is 32.2. The van der Waals surface area contributed by atoms with Crippen LogP contribution < -0.4 is 0 Å². The average Bonchev–Trinajstić information content (AvgIpc) is 2.59. The number of aromatic nitrogens is 1. The minimum atomic E-state index is -3.33. The maximum atomic E-state index is 11.5. The summed E-state index contributed by atoms with van der Waals surface area (Å²) in [6, 6.07) is 1.61. The van der Waals surface area contributed by atoms with Gasteiger partial charge in [0.2, 0.25) is 10.0 Å². The van der Waals surface area contributed by atoms with E-state index in [9.17, 15) is 13.2 Å². The van der Waals surface area contributed by atoms with Crippen LogP contribution >= 0.6 is 0 Å². The molecule has 2 rings (SSSR count). The second-order valence-electron chi connectivity index (χ2n) is 4.06. The van der Waals surface area contributed by atoms with E-state index in [2.05, 4.69) is 0 Å². The third kappa shape index (κ3) is 1.73. The predicted octanol–water partition coefficient (Wildman–Crippen LogP) is 0.800. The van der Waals surface area contributed by atoms with Crippen LogP contribution in [0, 0.1) is 0 Å². The number of carboxylic acids is 1. The molecule has 0 aliphatic heterocycles. The Hall–Kier alpha value is -1.30. The van der Waals surface area contributed by atoms with E-state index in [0.717, 1.165) is 6.26 Å². The van der Waals surface area contributed by atoms with Gasteiger partial charge >= 0.3 is 5.97 Å². The van der Waals surface area contributed by atoms with Gasteiger partial charge in [0, 0.05) is 11.9 Å². The van der Waals surface area contributed by atoms with Crippen molar-refractivity contribution in [3.8, 4) is 0 Å². The van der Waals surface area contributed by atoms with Crippen molar-refractivity contribution in [1.82, 2.24) is 3.97 Å². The Kier molecular flexibility index (Phi) is 2.53. The fourth-order valence-electron chi connectivity index (χ4n) is 2.23. The molecule has 88 valence electrons. The summed E-state index contributed by atoms with van der Waals surface area (Å²) in [5.41, 5.74) is 1.27. The van der Waals surface area contributed by atoms with E-state index in [0.29, 0.717) is 30.5 Å². The fraction of sp³-hybridized carbons (Fsp3) is 0.500. The molecule has 16 heavy (non-hydrogen) atoms. The normalized spacial score (nSPS) is 20.4. The SMILES string of the molecule is CS(=O)(=O)n1ccc2c1CCCC2C(=O)O. The molecule has 1 heterocycles. The molecule has 1 unspecified atom stereocenters. The van der Waals surface area contributed by atoms with E-state index in [-0.39, 0.29) is 0 Å². The molecule has 1 aromatic heterocycles. The lowest BCUT2D eigenvalue weighted by Gasteiger charge is -2.20. The molecule has 1 N–H and O–H groups in total. The van der Waals surface area contributed by atoms with E-state index >= 15 is 0 Å². The van der Waals surface area contributed by atoms with Gasteiger partial charge in [0.25, 0.3) is 0 Å². The van der Waals surface area contributed by atoms with Gasteiger partial charge in [-0.2, -0.15) is 0 Å². The second-order valence-corrected chi connectivity index (χ2v) is 5.92. The highest BCUT2D eigenvalue weighted by molar-refractivity contribution is 7.89. The lowest BCUT2D eigenvalue weighted by molar-refractivity contribution is -0.139. The Bertz CT molecular complexity index is 529. The zero-order valence-corrected chi connectivity index (χ0v) is 9.70. The molecule has 1 aliphatic carbocycles. The minimum absolute atomic E-state index is 0.563. The third-order valence-electron chi connectivity index (χ3n) is 2.93. The van der Waals surface area contributed by atoms with Crippen LogP contribution in [0.15, 0.2) is 12.3 Å². The van der Waals surface area contributed by atoms with E-state index < -0.39 is 21.9 Å². The first kappa shape index (κ1) is 11.2. The van der Waals surface area contributed by atoms with Gasteiger partial charge in [0.15, 0.2) is 0 Å². The summed E-state index contributed by atoms with van der Waals surface area (Å²) in [7, 11) is -3.33. The number of carboxylic acid groups (broad SMARTS) is 1. The van der Waals surface area contributed by atoms with Crippen LogP contribution in [0.2, 0.25) is 0 Å². The molecule has 0 aromatic carbocycles. The predicted molar refractivity (Wildman–Crippen MR) is 58.0 cm³/mol. The summed E-state index contributed by atoms with van der Waals surface area (Å²) in [4.78, 5) is 11.0. The summed E-state index contributed by atoms with van der Waals surface area (Å²) < 4.78 is 24.1. The van der Waals surface area contributed by atoms with E-state index in [1.54, 1.807) is 6.07 Å². The standard InChI is InChI=1S/C10H13NO4S/c1-16(14,15)11-6-5-7-8(10(12)13)3-2-4-9(7)11/h5-6,8H,2-4H2,1H3,(H,12,13). The fourth-order valence-corrected chi connectivity index (χ4v) is 3.11. The number of nitrogens with zero attached hydrogens (tertiary/aromatic N) is 1. The Morgan fingerprint density at radius 2 is 2.25 bits per heavy atom. The number of aliphatic carboxylic acids is 1. The minimum Gasteiger partial charge on any atom is -0.481 e. The van der Waals surface area contributed by atoms with Gasteiger partial charge in [0.05, 0.1) is 12.2 Å². The van der Waals surface area contributed by atoms with Gasteiger partial charge in [-0.05, 0) is 30.9 Å². The summed E-state index contributed by atoms with van der Waals surface area (Å²) in [5, 5.41) is 9.04. The van der Waals surface area contributed by atoms with Crippen LogP contribution in [0.5, 0.6) is 0 Å². The summed E-state index contributed by atoms with van der Waals surface area (Å²) >= 11 is 0. The van der Waals surface area contributed by atoms with Gasteiger partial charge in [-0.1, -0.05) is 0 Å². The lowest BCUT2D eigenvalue weighted by atomic mass is 9.87. The molecule has 6 heteroatoms. The van der Waals surface area contributed by atoms with Crippen molar-refractivity contribution >= 4 is 16.0 Å². The van der Waals surface area contributed by atoms with Gasteiger partial charge < -0.3 is 5.11 Å². The summed E-state index contributed by atoms with van der Waals surface area (Å²) in [6.07, 6.45) is 4.48. The zero-order chi connectivity index (χ0) is 11.9. The van der Waals surface area contributed by atoms with Crippen molar-refractivity contribution in [2.24, 2.45) is 0 Å².